The highest BCUT2D eigenvalue weighted by Crippen LogP contribution is 2.56. The van der Waals surface area contributed by atoms with Crippen molar-refractivity contribution in [3.8, 4) is 0 Å². The smallest absolute Gasteiger partial charge is 0.0475 e. The first kappa shape index (κ1) is 16.2. The predicted molar refractivity (Wildman–Crippen MR) is 96.1 cm³/mol. The summed E-state index contributed by atoms with van der Waals surface area (Å²) in [5.74, 6) is 1.90. The molecule has 2 aliphatic rings. The third-order valence-corrected chi connectivity index (χ3v) is 5.41. The minimum atomic E-state index is 0.481. The summed E-state index contributed by atoms with van der Waals surface area (Å²) in [6.07, 6.45) is 9.78. The summed E-state index contributed by atoms with van der Waals surface area (Å²) in [6, 6.07) is 8.54. The average molecular weight is 301 g/mol. The van der Waals surface area contributed by atoms with Crippen LogP contribution in [0.3, 0.4) is 0 Å². The van der Waals surface area contributed by atoms with Gasteiger partial charge in [0.25, 0.3) is 0 Å². The van der Waals surface area contributed by atoms with Crippen molar-refractivity contribution in [1.82, 2.24) is 0 Å². The Labute approximate surface area is 133 Å². The molecule has 21 heavy (non-hydrogen) atoms. The zero-order valence-corrected chi connectivity index (χ0v) is 14.5. The molecule has 114 valence electrons. The van der Waals surface area contributed by atoms with Crippen molar-refractivity contribution in [3.63, 3.8) is 0 Å². The zero-order valence-electron chi connectivity index (χ0n) is 13.6. The van der Waals surface area contributed by atoms with Gasteiger partial charge in [-0.2, -0.15) is 0 Å². The van der Waals surface area contributed by atoms with Gasteiger partial charge in [-0.25, -0.2) is 0 Å². The summed E-state index contributed by atoms with van der Waals surface area (Å²) in [5, 5.41) is 3.26. The van der Waals surface area contributed by atoms with Gasteiger partial charge in [-0.15, -0.1) is 11.8 Å². The summed E-state index contributed by atoms with van der Waals surface area (Å²) in [4.78, 5) is 1.35. The maximum absolute atomic E-state index is 3.26. The van der Waals surface area contributed by atoms with E-state index < -0.39 is 0 Å². The second-order valence-corrected chi connectivity index (χ2v) is 6.80. The van der Waals surface area contributed by atoms with Crippen molar-refractivity contribution in [3.05, 3.63) is 48.1 Å². The lowest BCUT2D eigenvalue weighted by molar-refractivity contribution is 0.697. The molecule has 2 aliphatic carbocycles. The molecule has 0 heterocycles. The molecule has 2 heteroatoms. The van der Waals surface area contributed by atoms with E-state index in [1.807, 2.05) is 32.7 Å². The fourth-order valence-corrected chi connectivity index (χ4v) is 3.82. The molecule has 1 N–H and O–H groups in total. The zero-order chi connectivity index (χ0) is 15.3. The Balaban J connectivity index is 0.000000774. The molecule has 0 aromatic heterocycles. The number of hydrogen-bond acceptors (Lipinski definition) is 2. The normalized spacial score (nSPS) is 25.9. The lowest BCUT2D eigenvalue weighted by atomic mass is 10.1. The minimum absolute atomic E-state index is 0.481. The fourth-order valence-electron chi connectivity index (χ4n) is 2.76. The summed E-state index contributed by atoms with van der Waals surface area (Å²) in [6.45, 7) is 6.37. The molecular formula is C19H27NS. The van der Waals surface area contributed by atoms with E-state index in [0.717, 1.165) is 18.1 Å². The number of benzene rings is 1. The van der Waals surface area contributed by atoms with E-state index in [2.05, 4.69) is 54.7 Å². The van der Waals surface area contributed by atoms with Crippen molar-refractivity contribution in [2.45, 2.75) is 38.5 Å². The minimum Gasteiger partial charge on any atom is -0.387 e. The summed E-state index contributed by atoms with van der Waals surface area (Å²) >= 11 is 1.94. The predicted octanol–water partition coefficient (Wildman–Crippen LogP) is 5.76. The van der Waals surface area contributed by atoms with E-state index in [-0.39, 0.29) is 0 Å². The molecule has 0 spiro atoms. The van der Waals surface area contributed by atoms with Gasteiger partial charge in [0.15, 0.2) is 0 Å². The van der Waals surface area contributed by atoms with E-state index in [1.165, 1.54) is 17.0 Å². The topological polar surface area (TPSA) is 12.0 Å². The molecule has 0 saturated heterocycles. The fraction of sp³-hybridized carbons (Fsp3) is 0.474. The van der Waals surface area contributed by atoms with Crippen LogP contribution in [0.4, 0.5) is 5.69 Å². The van der Waals surface area contributed by atoms with Gasteiger partial charge in [0, 0.05) is 23.4 Å². The molecule has 1 nitrogen and oxygen atoms in total. The van der Waals surface area contributed by atoms with Gasteiger partial charge in [-0.3, -0.25) is 0 Å². The van der Waals surface area contributed by atoms with Crippen LogP contribution in [0.15, 0.2) is 53.0 Å². The Morgan fingerprint density at radius 2 is 2.05 bits per heavy atom. The molecule has 3 rings (SSSR count). The number of rotatable bonds is 4. The van der Waals surface area contributed by atoms with Crippen molar-refractivity contribution >= 4 is 17.4 Å². The quantitative estimate of drug-likeness (QED) is 0.560. The number of fused-ring (bicyclic) bond motifs is 1. The number of nitrogens with one attached hydrogen (secondary N) is 1. The van der Waals surface area contributed by atoms with Crippen molar-refractivity contribution in [1.29, 1.82) is 0 Å². The van der Waals surface area contributed by atoms with Crippen LogP contribution >= 0.6 is 11.8 Å². The molecular weight excluding hydrogens is 274 g/mol. The molecule has 0 aliphatic heterocycles. The largest absolute Gasteiger partial charge is 0.387 e. The van der Waals surface area contributed by atoms with Crippen molar-refractivity contribution < 1.29 is 0 Å². The Morgan fingerprint density at radius 1 is 1.29 bits per heavy atom. The second kappa shape index (κ2) is 7.22. The van der Waals surface area contributed by atoms with Gasteiger partial charge in [0.2, 0.25) is 0 Å². The van der Waals surface area contributed by atoms with Crippen molar-refractivity contribution in [2.75, 3.05) is 18.1 Å². The molecule has 1 aromatic rings. The van der Waals surface area contributed by atoms with Gasteiger partial charge >= 0.3 is 0 Å². The number of thioether (sulfide) groups is 1. The highest BCUT2D eigenvalue weighted by molar-refractivity contribution is 7.99. The van der Waals surface area contributed by atoms with Gasteiger partial charge in [0.1, 0.15) is 0 Å². The first-order valence-corrected chi connectivity index (χ1v) is 8.97. The summed E-state index contributed by atoms with van der Waals surface area (Å²) in [5.41, 5.74) is 3.29. The number of allylic oxidation sites excluding steroid dienone is 3. The highest BCUT2D eigenvalue weighted by atomic mass is 32.2. The van der Waals surface area contributed by atoms with Crippen LogP contribution in [0.2, 0.25) is 0 Å². The van der Waals surface area contributed by atoms with Crippen LogP contribution in [0, 0.1) is 11.3 Å². The summed E-state index contributed by atoms with van der Waals surface area (Å²) in [7, 11) is 1.99. The Morgan fingerprint density at radius 3 is 2.81 bits per heavy atom. The summed E-state index contributed by atoms with van der Waals surface area (Å²) < 4.78 is 0. The van der Waals surface area contributed by atoms with Crippen LogP contribution in [-0.4, -0.2) is 12.8 Å². The number of anilines is 1. The van der Waals surface area contributed by atoms with E-state index in [1.54, 1.807) is 5.57 Å². The Bertz CT molecular complexity index is 532. The van der Waals surface area contributed by atoms with Crippen molar-refractivity contribution in [2.24, 2.45) is 11.3 Å². The van der Waals surface area contributed by atoms with Gasteiger partial charge in [0.05, 0.1) is 0 Å². The maximum Gasteiger partial charge on any atom is 0.0475 e. The van der Waals surface area contributed by atoms with E-state index in [4.69, 9.17) is 0 Å². The maximum atomic E-state index is 3.26. The first-order chi connectivity index (χ1) is 10.2. The Hall–Kier alpha value is -1.15. The average Bonchev–Trinajstić information content (AvgIpc) is 3.18. The van der Waals surface area contributed by atoms with Gasteiger partial charge < -0.3 is 5.32 Å². The van der Waals surface area contributed by atoms with E-state index in [9.17, 15) is 0 Å². The first-order valence-electron chi connectivity index (χ1n) is 7.98. The monoisotopic (exact) mass is 301 g/mol. The van der Waals surface area contributed by atoms with E-state index >= 15 is 0 Å². The molecule has 0 bridgehead atoms. The van der Waals surface area contributed by atoms with E-state index in [0.29, 0.717) is 5.41 Å². The van der Waals surface area contributed by atoms with Crippen LogP contribution in [0.1, 0.15) is 33.6 Å². The van der Waals surface area contributed by atoms with Crippen LogP contribution in [0.5, 0.6) is 0 Å². The molecule has 1 fully saturated rings. The van der Waals surface area contributed by atoms with Gasteiger partial charge in [-0.1, -0.05) is 56.7 Å². The SMILES string of the molecule is CC.CNc1ccccc1SCC1=CC2CC2(C)C=CC1. The highest BCUT2D eigenvalue weighted by Gasteiger charge is 2.46. The molecule has 2 atom stereocenters. The molecule has 1 aromatic carbocycles. The molecule has 0 amide bonds. The second-order valence-electron chi connectivity index (χ2n) is 5.78. The number of hydrogen-bond donors (Lipinski definition) is 1. The third-order valence-electron chi connectivity index (χ3n) is 4.23. The molecule has 0 radical (unpaired) electrons. The van der Waals surface area contributed by atoms with Crippen LogP contribution in [-0.2, 0) is 0 Å². The molecule has 1 saturated carbocycles. The van der Waals surface area contributed by atoms with Gasteiger partial charge in [-0.05, 0) is 36.3 Å². The lowest BCUT2D eigenvalue weighted by Crippen LogP contribution is -1.93. The third kappa shape index (κ3) is 3.94. The molecule has 2 unspecified atom stereocenters. The number of para-hydroxylation sites is 1. The standard InChI is InChI=1S/C17H21NS.C2H6/c1-17-9-5-6-13(10-14(17)11-17)12-19-16-8-4-3-7-15(16)18-2;1-2/h3-5,7-10,14,18H,6,11-12H2,1-2H3;1-2H3. The van der Waals surface area contributed by atoms with Crippen LogP contribution < -0.4 is 5.32 Å². The van der Waals surface area contributed by atoms with Crippen LogP contribution in [0.25, 0.3) is 0 Å². The Kier molecular flexibility index (Phi) is 5.58. The lowest BCUT2D eigenvalue weighted by Gasteiger charge is -2.09.